The van der Waals surface area contributed by atoms with Crippen molar-refractivity contribution in [3.63, 3.8) is 0 Å². The predicted octanol–water partition coefficient (Wildman–Crippen LogP) is 2.67. The molecule has 0 saturated heterocycles. The normalized spacial score (nSPS) is 10.7. The number of benzene rings is 1. The van der Waals surface area contributed by atoms with E-state index in [1.807, 2.05) is 12.1 Å². The van der Waals surface area contributed by atoms with Gasteiger partial charge in [0.05, 0.1) is 11.6 Å². The molecule has 0 unspecified atom stereocenters. The predicted molar refractivity (Wildman–Crippen MR) is 80.2 cm³/mol. The topological polar surface area (TPSA) is 62.8 Å². The van der Waals surface area contributed by atoms with Crippen molar-refractivity contribution in [3.05, 3.63) is 38.8 Å². The number of hydrogen-bond donors (Lipinski definition) is 2. The fourth-order valence-corrected chi connectivity index (χ4v) is 3.23. The first-order chi connectivity index (χ1) is 9.20. The molecule has 7 heteroatoms. The van der Waals surface area contributed by atoms with E-state index in [1.54, 1.807) is 7.11 Å². The molecular weight excluding hydrogens is 376 g/mol. The molecule has 0 aliphatic rings. The van der Waals surface area contributed by atoms with Crippen LogP contribution in [-0.2, 0) is 13.0 Å². The second-order valence-electron chi connectivity index (χ2n) is 3.94. The summed E-state index contributed by atoms with van der Waals surface area (Å²) in [4.78, 5) is 4.08. The highest BCUT2D eigenvalue weighted by Gasteiger charge is 2.08. The van der Waals surface area contributed by atoms with Gasteiger partial charge in [-0.3, -0.25) is 5.10 Å². The van der Waals surface area contributed by atoms with Gasteiger partial charge in [-0.1, -0.05) is 15.9 Å². The molecule has 0 aliphatic carbocycles. The van der Waals surface area contributed by atoms with Crippen molar-refractivity contribution in [2.24, 2.45) is 0 Å². The Kier molecular flexibility index (Phi) is 5.35. The Bertz CT molecular complexity index is 531. The van der Waals surface area contributed by atoms with Crippen molar-refractivity contribution in [2.45, 2.75) is 13.0 Å². The van der Waals surface area contributed by atoms with Crippen LogP contribution in [0.1, 0.15) is 11.4 Å². The molecule has 1 heterocycles. The van der Waals surface area contributed by atoms with Gasteiger partial charge in [0.2, 0.25) is 0 Å². The Labute approximate surface area is 128 Å². The molecule has 0 aliphatic heterocycles. The fraction of sp³-hybridized carbons (Fsp3) is 0.333. The average Bonchev–Trinajstić information content (AvgIpc) is 2.87. The molecule has 5 nitrogen and oxygen atoms in total. The Hall–Kier alpha value is -0.920. The number of hydrogen-bond acceptors (Lipinski definition) is 4. The number of halogens is 2. The van der Waals surface area contributed by atoms with Crippen LogP contribution < -0.4 is 10.1 Å². The van der Waals surface area contributed by atoms with Crippen molar-refractivity contribution >= 4 is 31.9 Å². The first kappa shape index (κ1) is 14.5. The van der Waals surface area contributed by atoms with Gasteiger partial charge in [-0.05, 0) is 28.1 Å². The van der Waals surface area contributed by atoms with Gasteiger partial charge >= 0.3 is 0 Å². The highest BCUT2D eigenvalue weighted by Crippen LogP contribution is 2.32. The molecule has 1 aromatic heterocycles. The van der Waals surface area contributed by atoms with Gasteiger partial charge in [0.1, 0.15) is 17.9 Å². The molecule has 102 valence electrons. The van der Waals surface area contributed by atoms with Crippen molar-refractivity contribution in [1.82, 2.24) is 20.5 Å². The zero-order valence-corrected chi connectivity index (χ0v) is 13.6. The standard InChI is InChI=1S/C12H14Br2N4O/c1-19-12-8(4-9(13)5-10(12)14)6-15-3-2-11-16-7-17-18-11/h4-5,7,15H,2-3,6H2,1H3,(H,16,17,18). The number of methoxy groups -OCH3 is 1. The number of aromatic amines is 1. The van der Waals surface area contributed by atoms with E-state index in [4.69, 9.17) is 4.74 Å². The van der Waals surface area contributed by atoms with Crippen molar-refractivity contribution in [2.75, 3.05) is 13.7 Å². The van der Waals surface area contributed by atoms with Crippen LogP contribution in [0, 0.1) is 0 Å². The van der Waals surface area contributed by atoms with Gasteiger partial charge in [-0.2, -0.15) is 5.10 Å². The van der Waals surface area contributed by atoms with Gasteiger partial charge in [0, 0.05) is 29.5 Å². The van der Waals surface area contributed by atoms with E-state index in [1.165, 1.54) is 6.33 Å². The highest BCUT2D eigenvalue weighted by atomic mass is 79.9. The lowest BCUT2D eigenvalue weighted by Crippen LogP contribution is -2.17. The van der Waals surface area contributed by atoms with Gasteiger partial charge in [-0.25, -0.2) is 4.98 Å². The lowest BCUT2D eigenvalue weighted by molar-refractivity contribution is 0.405. The van der Waals surface area contributed by atoms with Crippen molar-refractivity contribution in [1.29, 1.82) is 0 Å². The number of rotatable bonds is 6. The smallest absolute Gasteiger partial charge is 0.137 e. The molecule has 0 atom stereocenters. The van der Waals surface area contributed by atoms with Crippen LogP contribution in [0.15, 0.2) is 27.4 Å². The second-order valence-corrected chi connectivity index (χ2v) is 5.71. The van der Waals surface area contributed by atoms with Crippen molar-refractivity contribution in [3.8, 4) is 5.75 Å². The third-order valence-electron chi connectivity index (χ3n) is 2.61. The van der Waals surface area contributed by atoms with Crippen LogP contribution in [0.5, 0.6) is 5.75 Å². The zero-order valence-electron chi connectivity index (χ0n) is 10.4. The highest BCUT2D eigenvalue weighted by molar-refractivity contribution is 9.11. The van der Waals surface area contributed by atoms with Crippen LogP contribution in [0.4, 0.5) is 0 Å². The maximum absolute atomic E-state index is 5.40. The van der Waals surface area contributed by atoms with E-state index in [0.29, 0.717) is 0 Å². The number of ether oxygens (including phenoxy) is 1. The molecule has 0 fully saturated rings. The number of nitrogens with one attached hydrogen (secondary N) is 2. The van der Waals surface area contributed by atoms with E-state index >= 15 is 0 Å². The Morgan fingerprint density at radius 2 is 2.21 bits per heavy atom. The molecule has 2 aromatic rings. The number of aromatic nitrogens is 3. The lowest BCUT2D eigenvalue weighted by atomic mass is 10.2. The monoisotopic (exact) mass is 388 g/mol. The Morgan fingerprint density at radius 3 is 2.89 bits per heavy atom. The molecular formula is C12H14Br2N4O. The summed E-state index contributed by atoms with van der Waals surface area (Å²) >= 11 is 6.97. The minimum atomic E-state index is 0.731. The summed E-state index contributed by atoms with van der Waals surface area (Å²) < 4.78 is 7.36. The molecule has 1 aromatic carbocycles. The maximum Gasteiger partial charge on any atom is 0.137 e. The quantitative estimate of drug-likeness (QED) is 0.745. The van der Waals surface area contributed by atoms with Gasteiger partial charge in [0.25, 0.3) is 0 Å². The molecule has 0 radical (unpaired) electrons. The zero-order chi connectivity index (χ0) is 13.7. The molecule has 0 spiro atoms. The van der Waals surface area contributed by atoms with Crippen LogP contribution in [0.25, 0.3) is 0 Å². The van der Waals surface area contributed by atoms with Crippen LogP contribution in [0.3, 0.4) is 0 Å². The Balaban J connectivity index is 1.92. The van der Waals surface area contributed by atoms with Crippen LogP contribution in [0.2, 0.25) is 0 Å². The summed E-state index contributed by atoms with van der Waals surface area (Å²) in [6.07, 6.45) is 2.33. The van der Waals surface area contributed by atoms with E-state index in [9.17, 15) is 0 Å². The third-order valence-corrected chi connectivity index (χ3v) is 3.66. The fourth-order valence-electron chi connectivity index (χ4n) is 1.75. The van der Waals surface area contributed by atoms with Crippen molar-refractivity contribution < 1.29 is 4.74 Å². The summed E-state index contributed by atoms with van der Waals surface area (Å²) in [5.74, 6) is 1.74. The third kappa shape index (κ3) is 4.02. The molecule has 0 amide bonds. The number of H-pyrrole nitrogens is 1. The largest absolute Gasteiger partial charge is 0.495 e. The Morgan fingerprint density at radius 1 is 1.37 bits per heavy atom. The second kappa shape index (κ2) is 7.02. The minimum absolute atomic E-state index is 0.731. The average molecular weight is 390 g/mol. The number of nitrogens with zero attached hydrogens (tertiary/aromatic N) is 2. The summed E-state index contributed by atoms with van der Waals surface area (Å²) in [6.45, 7) is 1.55. The maximum atomic E-state index is 5.40. The van der Waals surface area contributed by atoms with E-state index in [2.05, 4.69) is 52.4 Å². The minimum Gasteiger partial charge on any atom is -0.495 e. The molecule has 2 rings (SSSR count). The van der Waals surface area contributed by atoms with Gasteiger partial charge in [0.15, 0.2) is 0 Å². The first-order valence-corrected chi connectivity index (χ1v) is 7.36. The first-order valence-electron chi connectivity index (χ1n) is 5.77. The van der Waals surface area contributed by atoms with E-state index < -0.39 is 0 Å². The summed E-state index contributed by atoms with van der Waals surface area (Å²) in [7, 11) is 1.67. The van der Waals surface area contributed by atoms with E-state index in [-0.39, 0.29) is 0 Å². The summed E-state index contributed by atoms with van der Waals surface area (Å²) in [5.41, 5.74) is 1.10. The molecule has 0 bridgehead atoms. The van der Waals surface area contributed by atoms with Crippen LogP contribution in [-0.4, -0.2) is 28.8 Å². The van der Waals surface area contributed by atoms with E-state index in [0.717, 1.165) is 45.6 Å². The van der Waals surface area contributed by atoms with Gasteiger partial charge in [-0.15, -0.1) is 0 Å². The summed E-state index contributed by atoms with van der Waals surface area (Å²) in [6, 6.07) is 4.02. The SMILES string of the molecule is COc1c(Br)cc(Br)cc1CNCCc1ncn[nH]1. The van der Waals surface area contributed by atoms with Gasteiger partial charge < -0.3 is 10.1 Å². The molecule has 19 heavy (non-hydrogen) atoms. The summed E-state index contributed by atoms with van der Waals surface area (Å²) in [5, 5.41) is 10.0. The lowest BCUT2D eigenvalue weighted by Gasteiger charge is -2.12. The molecule has 0 saturated carbocycles. The molecule has 2 N–H and O–H groups in total. The van der Waals surface area contributed by atoms with Crippen LogP contribution >= 0.6 is 31.9 Å².